The molecule has 0 spiro atoms. The van der Waals surface area contributed by atoms with Crippen LogP contribution in [0.15, 0.2) is 55.0 Å². The van der Waals surface area contributed by atoms with Gasteiger partial charge < -0.3 is 30.0 Å². The zero-order valence-electron chi connectivity index (χ0n) is 23.3. The number of hydrogen-bond acceptors (Lipinski definition) is 9. The van der Waals surface area contributed by atoms with Crippen molar-refractivity contribution in [2.75, 3.05) is 38.7 Å². The molecular weight excluding hydrogens is 508 g/mol. The van der Waals surface area contributed by atoms with Crippen LogP contribution in [0.3, 0.4) is 0 Å². The topological polar surface area (TPSA) is 116 Å². The minimum absolute atomic E-state index is 0.148. The van der Waals surface area contributed by atoms with Crippen LogP contribution in [0.4, 0.5) is 5.69 Å². The molecule has 212 valence electrons. The summed E-state index contributed by atoms with van der Waals surface area (Å²) >= 11 is 0. The summed E-state index contributed by atoms with van der Waals surface area (Å²) in [6, 6.07) is 12.1. The third kappa shape index (κ3) is 6.88. The van der Waals surface area contributed by atoms with E-state index in [-0.39, 0.29) is 12.6 Å². The van der Waals surface area contributed by atoms with Crippen molar-refractivity contribution in [2.24, 2.45) is 0 Å². The maximum Gasteiger partial charge on any atom is 0.160 e. The second-order valence-electron chi connectivity index (χ2n) is 10.4. The van der Waals surface area contributed by atoms with Crippen LogP contribution in [0.2, 0.25) is 0 Å². The van der Waals surface area contributed by atoms with Gasteiger partial charge in [0.1, 0.15) is 30.8 Å². The SMILES string of the molecule is CNCC(O)COc1cc(OCc2cccnc2)cc(-c2cc(NC3CCOCC3)c3cnn(C(C)C)c3n2)c1. The molecule has 4 aromatic rings. The normalized spacial score (nSPS) is 14.9. The third-order valence-corrected chi connectivity index (χ3v) is 6.82. The molecule has 1 fully saturated rings. The molecule has 5 rings (SSSR count). The van der Waals surface area contributed by atoms with Gasteiger partial charge in [-0.2, -0.15) is 5.10 Å². The first-order valence-electron chi connectivity index (χ1n) is 13.9. The van der Waals surface area contributed by atoms with Crippen molar-refractivity contribution in [1.82, 2.24) is 25.1 Å². The Morgan fingerprint density at radius 2 is 1.90 bits per heavy atom. The van der Waals surface area contributed by atoms with E-state index in [1.54, 1.807) is 19.4 Å². The Balaban J connectivity index is 1.52. The van der Waals surface area contributed by atoms with Crippen molar-refractivity contribution in [2.45, 2.75) is 51.5 Å². The Morgan fingerprint density at radius 3 is 2.62 bits per heavy atom. The number of nitrogens with zero attached hydrogens (tertiary/aromatic N) is 4. The van der Waals surface area contributed by atoms with Gasteiger partial charge in [-0.1, -0.05) is 6.07 Å². The summed E-state index contributed by atoms with van der Waals surface area (Å²) in [6.07, 6.45) is 6.66. The number of benzene rings is 1. The van der Waals surface area contributed by atoms with E-state index in [4.69, 9.17) is 19.2 Å². The number of ether oxygens (including phenoxy) is 3. The number of anilines is 1. The fourth-order valence-corrected chi connectivity index (χ4v) is 4.75. The summed E-state index contributed by atoms with van der Waals surface area (Å²) in [4.78, 5) is 9.24. The van der Waals surface area contributed by atoms with Crippen LogP contribution in [0.25, 0.3) is 22.3 Å². The predicted octanol–water partition coefficient (Wildman–Crippen LogP) is 4.20. The molecule has 3 N–H and O–H groups in total. The number of aliphatic hydroxyl groups is 1. The Labute approximate surface area is 234 Å². The summed E-state index contributed by atoms with van der Waals surface area (Å²) in [5.41, 5.74) is 4.39. The lowest BCUT2D eigenvalue weighted by Crippen LogP contribution is -2.29. The Morgan fingerprint density at radius 1 is 1.10 bits per heavy atom. The van der Waals surface area contributed by atoms with Crippen molar-refractivity contribution in [3.05, 3.63) is 60.6 Å². The highest BCUT2D eigenvalue weighted by atomic mass is 16.5. The van der Waals surface area contributed by atoms with Gasteiger partial charge in [-0.15, -0.1) is 0 Å². The molecule has 1 atom stereocenters. The lowest BCUT2D eigenvalue weighted by molar-refractivity contribution is 0.0905. The van der Waals surface area contributed by atoms with Crippen molar-refractivity contribution in [3.8, 4) is 22.8 Å². The first kappa shape index (κ1) is 27.8. The summed E-state index contributed by atoms with van der Waals surface area (Å²) in [5, 5.41) is 22.6. The summed E-state index contributed by atoms with van der Waals surface area (Å²) in [5.74, 6) is 1.23. The van der Waals surface area contributed by atoms with Crippen LogP contribution in [-0.2, 0) is 11.3 Å². The molecule has 0 amide bonds. The minimum Gasteiger partial charge on any atom is -0.491 e. The highest BCUT2D eigenvalue weighted by Crippen LogP contribution is 2.34. The standard InChI is InChI=1S/C30H38N6O4/c1-20(2)36-30-27(17-33-36)29(34-23-6-9-38-10-7-23)14-28(35-30)22-11-25(39-18-21-5-4-8-32-15-21)13-26(12-22)40-19-24(37)16-31-3/h4-5,8,11-15,17,20,23-24,31,37H,6-7,9-10,16,18-19H2,1-3H3,(H,34,35). The van der Waals surface area contributed by atoms with E-state index in [0.29, 0.717) is 30.7 Å². The van der Waals surface area contributed by atoms with Gasteiger partial charge in [0.25, 0.3) is 0 Å². The van der Waals surface area contributed by atoms with E-state index in [1.807, 2.05) is 41.2 Å². The van der Waals surface area contributed by atoms with Crippen molar-refractivity contribution in [3.63, 3.8) is 0 Å². The van der Waals surface area contributed by atoms with E-state index in [1.165, 1.54) is 0 Å². The summed E-state index contributed by atoms with van der Waals surface area (Å²) in [7, 11) is 1.80. The van der Waals surface area contributed by atoms with Gasteiger partial charge in [-0.25, -0.2) is 9.67 Å². The molecule has 1 saturated heterocycles. The van der Waals surface area contributed by atoms with E-state index in [9.17, 15) is 5.11 Å². The third-order valence-electron chi connectivity index (χ3n) is 6.82. The molecule has 10 heteroatoms. The van der Waals surface area contributed by atoms with Gasteiger partial charge in [0, 0.05) is 67.1 Å². The van der Waals surface area contributed by atoms with E-state index >= 15 is 0 Å². The summed E-state index contributed by atoms with van der Waals surface area (Å²) < 4.78 is 19.7. The van der Waals surface area contributed by atoms with Crippen LogP contribution < -0.4 is 20.1 Å². The summed E-state index contributed by atoms with van der Waals surface area (Å²) in [6.45, 7) is 6.64. The second kappa shape index (κ2) is 13.1. The zero-order valence-corrected chi connectivity index (χ0v) is 23.3. The Bertz CT molecular complexity index is 1390. The van der Waals surface area contributed by atoms with Crippen molar-refractivity contribution >= 4 is 16.7 Å². The zero-order chi connectivity index (χ0) is 27.9. The average molecular weight is 547 g/mol. The fraction of sp³-hybridized carbons (Fsp3) is 0.433. The van der Waals surface area contributed by atoms with Crippen LogP contribution in [0, 0.1) is 0 Å². The largest absolute Gasteiger partial charge is 0.491 e. The number of rotatable bonds is 12. The fourth-order valence-electron chi connectivity index (χ4n) is 4.75. The molecule has 1 aromatic carbocycles. The molecular formula is C30H38N6O4. The predicted molar refractivity (Wildman–Crippen MR) is 155 cm³/mol. The van der Waals surface area contributed by atoms with Gasteiger partial charge in [0.15, 0.2) is 5.65 Å². The maximum absolute atomic E-state index is 10.2. The molecule has 10 nitrogen and oxygen atoms in total. The molecule has 1 aliphatic heterocycles. The van der Waals surface area contributed by atoms with Crippen molar-refractivity contribution < 1.29 is 19.3 Å². The second-order valence-corrected chi connectivity index (χ2v) is 10.4. The Kier molecular flexibility index (Phi) is 9.10. The number of hydrogen-bond donors (Lipinski definition) is 3. The van der Waals surface area contributed by atoms with Crippen LogP contribution in [0.5, 0.6) is 11.5 Å². The molecule has 1 unspecified atom stereocenters. The van der Waals surface area contributed by atoms with Gasteiger partial charge >= 0.3 is 0 Å². The Hall–Kier alpha value is -3.73. The lowest BCUT2D eigenvalue weighted by Gasteiger charge is -2.25. The molecule has 1 aliphatic rings. The minimum atomic E-state index is -0.640. The number of fused-ring (bicyclic) bond motifs is 1. The number of nitrogens with one attached hydrogen (secondary N) is 2. The van der Waals surface area contributed by atoms with E-state index < -0.39 is 6.10 Å². The molecule has 4 heterocycles. The maximum atomic E-state index is 10.2. The first-order chi connectivity index (χ1) is 19.5. The van der Waals surface area contributed by atoms with Crippen molar-refractivity contribution in [1.29, 1.82) is 0 Å². The average Bonchev–Trinajstić information content (AvgIpc) is 3.41. The smallest absolute Gasteiger partial charge is 0.160 e. The van der Waals surface area contributed by atoms with E-state index in [2.05, 4.69) is 40.6 Å². The number of likely N-dealkylation sites (N-methyl/N-ethyl adjacent to an activating group) is 1. The van der Waals surface area contributed by atoms with Gasteiger partial charge in [-0.05, 0) is 58.0 Å². The van der Waals surface area contributed by atoms with E-state index in [0.717, 1.165) is 59.6 Å². The van der Waals surface area contributed by atoms with Crippen LogP contribution in [0.1, 0.15) is 38.3 Å². The number of aromatic nitrogens is 4. The number of pyridine rings is 2. The lowest BCUT2D eigenvalue weighted by atomic mass is 10.1. The molecule has 3 aromatic heterocycles. The van der Waals surface area contributed by atoms with Crippen LogP contribution in [-0.4, -0.2) is 70.4 Å². The highest BCUT2D eigenvalue weighted by Gasteiger charge is 2.19. The van der Waals surface area contributed by atoms with Gasteiger partial charge in [0.2, 0.25) is 0 Å². The molecule has 0 bridgehead atoms. The quantitative estimate of drug-likeness (QED) is 0.240. The molecule has 40 heavy (non-hydrogen) atoms. The van der Waals surface area contributed by atoms with Gasteiger partial charge in [0.05, 0.1) is 17.3 Å². The molecule has 0 radical (unpaired) electrons. The monoisotopic (exact) mass is 546 g/mol. The van der Waals surface area contributed by atoms with Gasteiger partial charge in [-0.3, -0.25) is 4.98 Å². The first-order valence-corrected chi connectivity index (χ1v) is 13.9. The molecule has 0 saturated carbocycles. The highest BCUT2D eigenvalue weighted by molar-refractivity contribution is 5.92. The molecule has 0 aliphatic carbocycles. The van der Waals surface area contributed by atoms with Crippen LogP contribution >= 0.6 is 0 Å². The number of aliphatic hydroxyl groups excluding tert-OH is 1.